The second kappa shape index (κ2) is 5.59. The number of sulfonamides is 1. The van der Waals surface area contributed by atoms with E-state index in [4.69, 9.17) is 17.3 Å². The van der Waals surface area contributed by atoms with Crippen molar-refractivity contribution in [3.63, 3.8) is 0 Å². The van der Waals surface area contributed by atoms with Crippen molar-refractivity contribution in [3.8, 4) is 0 Å². The van der Waals surface area contributed by atoms with Crippen LogP contribution in [0.4, 0.5) is 11.5 Å². The molecule has 0 unspecified atom stereocenters. The van der Waals surface area contributed by atoms with Crippen LogP contribution in [0.15, 0.2) is 39.8 Å². The molecule has 1 aromatic carbocycles. The molecule has 3 N–H and O–H groups in total. The van der Waals surface area contributed by atoms with Gasteiger partial charge in [0.15, 0.2) is 0 Å². The molecule has 1 aromatic heterocycles. The van der Waals surface area contributed by atoms with Gasteiger partial charge in [-0.1, -0.05) is 11.6 Å². The molecule has 0 fully saturated rings. The Hall–Kier alpha value is -1.31. The van der Waals surface area contributed by atoms with E-state index in [0.29, 0.717) is 11.3 Å². The number of nitrogen functional groups attached to an aromatic ring is 1. The van der Waals surface area contributed by atoms with Gasteiger partial charge in [-0.25, -0.2) is 13.4 Å². The highest BCUT2D eigenvalue weighted by Gasteiger charge is 2.17. The molecule has 5 nitrogen and oxygen atoms in total. The fourth-order valence-electron chi connectivity index (χ4n) is 1.51. The molecule has 0 aliphatic rings. The second-order valence-electron chi connectivity index (χ2n) is 4.11. The highest BCUT2D eigenvalue weighted by molar-refractivity contribution is 9.10. The van der Waals surface area contributed by atoms with Crippen molar-refractivity contribution < 1.29 is 8.42 Å². The maximum Gasteiger partial charge on any atom is 0.263 e. The van der Waals surface area contributed by atoms with E-state index < -0.39 is 10.0 Å². The van der Waals surface area contributed by atoms with Crippen LogP contribution in [0.25, 0.3) is 0 Å². The van der Waals surface area contributed by atoms with Gasteiger partial charge in [-0.15, -0.1) is 0 Å². The van der Waals surface area contributed by atoms with Gasteiger partial charge in [-0.2, -0.15) is 0 Å². The van der Waals surface area contributed by atoms with E-state index >= 15 is 0 Å². The Bertz CT molecular complexity index is 765. The van der Waals surface area contributed by atoms with Gasteiger partial charge in [-0.05, 0) is 52.7 Å². The minimum atomic E-state index is -3.76. The van der Waals surface area contributed by atoms with Crippen LogP contribution in [-0.2, 0) is 10.0 Å². The summed E-state index contributed by atoms with van der Waals surface area (Å²) in [7, 11) is -3.76. The zero-order valence-electron chi connectivity index (χ0n) is 10.4. The Morgan fingerprint density at radius 3 is 2.65 bits per heavy atom. The Kier molecular flexibility index (Phi) is 4.22. The van der Waals surface area contributed by atoms with Gasteiger partial charge in [0.05, 0.1) is 15.6 Å². The molecule has 1 heterocycles. The number of hydrogen-bond donors (Lipinski definition) is 2. The van der Waals surface area contributed by atoms with Crippen LogP contribution >= 0.6 is 27.5 Å². The first-order valence-corrected chi connectivity index (χ1v) is 8.15. The maximum absolute atomic E-state index is 12.2. The number of benzene rings is 1. The molecule has 20 heavy (non-hydrogen) atoms. The molecule has 0 atom stereocenters. The number of nitrogens with one attached hydrogen (secondary N) is 1. The van der Waals surface area contributed by atoms with Crippen LogP contribution in [0.5, 0.6) is 0 Å². The summed E-state index contributed by atoms with van der Waals surface area (Å²) in [4.78, 5) is 4.06. The zero-order chi connectivity index (χ0) is 14.9. The van der Waals surface area contributed by atoms with Crippen LogP contribution in [0.3, 0.4) is 0 Å². The predicted molar refractivity (Wildman–Crippen MR) is 83.3 cm³/mol. The number of aromatic nitrogens is 1. The maximum atomic E-state index is 12.2. The molecule has 0 saturated heterocycles. The molecule has 0 aliphatic carbocycles. The lowest BCUT2D eigenvalue weighted by molar-refractivity contribution is 0.601. The molecule has 0 amide bonds. The minimum absolute atomic E-state index is 0.0285. The number of hydrogen-bond acceptors (Lipinski definition) is 4. The number of aryl methyl sites for hydroxylation is 1. The van der Waals surface area contributed by atoms with Crippen molar-refractivity contribution >= 4 is 49.1 Å². The van der Waals surface area contributed by atoms with Crippen LogP contribution in [0.2, 0.25) is 5.02 Å². The lowest BCUT2D eigenvalue weighted by Crippen LogP contribution is -2.15. The SMILES string of the molecule is Cc1cc(Br)cnc1NS(=O)(=O)c1ccc(N)c(Cl)c1. The quantitative estimate of drug-likeness (QED) is 0.806. The Morgan fingerprint density at radius 2 is 2.05 bits per heavy atom. The van der Waals surface area contributed by atoms with E-state index in [1.165, 1.54) is 24.4 Å². The molecule has 2 aromatic rings. The lowest BCUT2D eigenvalue weighted by atomic mass is 10.3. The van der Waals surface area contributed by atoms with Gasteiger partial charge >= 0.3 is 0 Å². The van der Waals surface area contributed by atoms with E-state index in [2.05, 4.69) is 25.6 Å². The molecule has 8 heteroatoms. The van der Waals surface area contributed by atoms with Crippen molar-refractivity contribution in [3.05, 3.63) is 45.5 Å². The number of halogens is 2. The molecule has 0 spiro atoms. The summed E-state index contributed by atoms with van der Waals surface area (Å²) < 4.78 is 27.7. The molecule has 0 saturated carbocycles. The van der Waals surface area contributed by atoms with E-state index in [0.717, 1.165) is 4.47 Å². The van der Waals surface area contributed by atoms with Crippen molar-refractivity contribution in [2.45, 2.75) is 11.8 Å². The van der Waals surface area contributed by atoms with Crippen molar-refractivity contribution in [1.82, 2.24) is 4.98 Å². The minimum Gasteiger partial charge on any atom is -0.398 e. The molecule has 0 radical (unpaired) electrons. The van der Waals surface area contributed by atoms with Crippen molar-refractivity contribution in [1.29, 1.82) is 0 Å². The van der Waals surface area contributed by atoms with Gasteiger partial charge in [0.1, 0.15) is 5.82 Å². The van der Waals surface area contributed by atoms with Crippen molar-refractivity contribution in [2.75, 3.05) is 10.5 Å². The third-order valence-corrected chi connectivity index (χ3v) is 4.66. The summed E-state index contributed by atoms with van der Waals surface area (Å²) >= 11 is 9.10. The lowest BCUT2D eigenvalue weighted by Gasteiger charge is -2.10. The first-order chi connectivity index (χ1) is 9.29. The molecule has 106 valence electrons. The zero-order valence-corrected chi connectivity index (χ0v) is 13.6. The normalized spacial score (nSPS) is 11.3. The Morgan fingerprint density at radius 1 is 1.35 bits per heavy atom. The molecular weight excluding hydrogens is 366 g/mol. The first kappa shape index (κ1) is 15.1. The van der Waals surface area contributed by atoms with E-state index in [-0.39, 0.29) is 15.7 Å². The van der Waals surface area contributed by atoms with Crippen LogP contribution in [0, 0.1) is 6.92 Å². The number of anilines is 2. The summed E-state index contributed by atoms with van der Waals surface area (Å²) in [5.41, 5.74) is 6.58. The summed E-state index contributed by atoms with van der Waals surface area (Å²) in [5.74, 6) is 0.265. The second-order valence-corrected chi connectivity index (χ2v) is 7.11. The highest BCUT2D eigenvalue weighted by atomic mass is 79.9. The fraction of sp³-hybridized carbons (Fsp3) is 0.0833. The third kappa shape index (κ3) is 3.23. The van der Waals surface area contributed by atoms with Crippen LogP contribution in [-0.4, -0.2) is 13.4 Å². The number of nitrogens with two attached hydrogens (primary N) is 1. The van der Waals surface area contributed by atoms with Crippen molar-refractivity contribution in [2.24, 2.45) is 0 Å². The van der Waals surface area contributed by atoms with E-state index in [9.17, 15) is 8.42 Å². The third-order valence-electron chi connectivity index (χ3n) is 2.56. The van der Waals surface area contributed by atoms with Gasteiger partial charge < -0.3 is 5.73 Å². The summed E-state index contributed by atoms with van der Waals surface area (Å²) in [6, 6.07) is 5.89. The summed E-state index contributed by atoms with van der Waals surface area (Å²) in [6.07, 6.45) is 1.51. The fourth-order valence-corrected chi connectivity index (χ4v) is 3.31. The highest BCUT2D eigenvalue weighted by Crippen LogP contribution is 2.25. The number of nitrogens with zero attached hydrogens (tertiary/aromatic N) is 1. The molecule has 2 rings (SSSR count). The van der Waals surface area contributed by atoms with E-state index in [1.807, 2.05) is 0 Å². The largest absolute Gasteiger partial charge is 0.398 e. The standard InChI is InChI=1S/C12H11BrClN3O2S/c1-7-4-8(13)6-16-12(7)17-20(18,19)9-2-3-11(15)10(14)5-9/h2-6H,15H2,1H3,(H,16,17). The average Bonchev–Trinajstić information content (AvgIpc) is 2.36. The van der Waals surface area contributed by atoms with Gasteiger partial charge in [0.25, 0.3) is 10.0 Å². The van der Waals surface area contributed by atoms with Crippen LogP contribution < -0.4 is 10.5 Å². The van der Waals surface area contributed by atoms with Gasteiger partial charge in [0, 0.05) is 10.7 Å². The molecule has 0 aliphatic heterocycles. The monoisotopic (exact) mass is 375 g/mol. The Balaban J connectivity index is 2.38. The molecule has 0 bridgehead atoms. The molecular formula is C12H11BrClN3O2S. The average molecular weight is 377 g/mol. The van der Waals surface area contributed by atoms with Gasteiger partial charge in [0.2, 0.25) is 0 Å². The van der Waals surface area contributed by atoms with Gasteiger partial charge in [-0.3, -0.25) is 4.72 Å². The smallest absolute Gasteiger partial charge is 0.263 e. The predicted octanol–water partition coefficient (Wildman–Crippen LogP) is 3.19. The summed E-state index contributed by atoms with van der Waals surface area (Å²) in [6.45, 7) is 1.76. The van der Waals surface area contributed by atoms with E-state index in [1.54, 1.807) is 13.0 Å². The number of pyridine rings is 1. The Labute approximate surface area is 130 Å². The number of rotatable bonds is 3. The first-order valence-electron chi connectivity index (χ1n) is 5.49. The topological polar surface area (TPSA) is 85.1 Å². The van der Waals surface area contributed by atoms with Crippen LogP contribution in [0.1, 0.15) is 5.56 Å². The summed E-state index contributed by atoms with van der Waals surface area (Å²) in [5, 5.41) is 0.188.